The summed E-state index contributed by atoms with van der Waals surface area (Å²) in [6, 6.07) is 20.4. The lowest BCUT2D eigenvalue weighted by Gasteiger charge is -2.08. The van der Waals surface area contributed by atoms with Crippen molar-refractivity contribution >= 4 is 11.3 Å². The molecule has 0 amide bonds. The van der Waals surface area contributed by atoms with Gasteiger partial charge in [0.25, 0.3) is 0 Å². The van der Waals surface area contributed by atoms with Gasteiger partial charge in [-0.1, -0.05) is 36.4 Å². The van der Waals surface area contributed by atoms with Crippen molar-refractivity contribution in [1.29, 1.82) is 5.26 Å². The second-order valence-corrected chi connectivity index (χ2v) is 5.03. The van der Waals surface area contributed by atoms with Crippen LogP contribution >= 0.6 is 11.3 Å². The van der Waals surface area contributed by atoms with Gasteiger partial charge in [-0.2, -0.15) is 16.6 Å². The molecule has 90 valence electrons. The highest BCUT2D eigenvalue weighted by Crippen LogP contribution is 2.33. The maximum atomic E-state index is 8.86. The third-order valence-electron chi connectivity index (χ3n) is 3.08. The van der Waals surface area contributed by atoms with Gasteiger partial charge in [-0.05, 0) is 51.2 Å². The molecule has 2 heteroatoms. The Balaban J connectivity index is 2.12. The Bertz CT molecular complexity index is 719. The van der Waals surface area contributed by atoms with E-state index < -0.39 is 0 Å². The number of hydrogen-bond acceptors (Lipinski definition) is 2. The number of nitrogens with zero attached hydrogens (tertiary/aromatic N) is 1. The molecule has 2 aromatic carbocycles. The Morgan fingerprint density at radius 1 is 0.789 bits per heavy atom. The van der Waals surface area contributed by atoms with Crippen LogP contribution < -0.4 is 0 Å². The molecule has 19 heavy (non-hydrogen) atoms. The molecule has 0 fully saturated rings. The fraction of sp³-hybridized carbons (Fsp3) is 0. The standard InChI is InChI=1S/C17H11NS/c18-11-13-5-7-14(8-6-13)16-3-1-2-4-17(16)15-9-10-19-12-15/h1-10,12H. The summed E-state index contributed by atoms with van der Waals surface area (Å²) in [4.78, 5) is 0. The number of rotatable bonds is 2. The van der Waals surface area contributed by atoms with Crippen molar-refractivity contribution in [1.82, 2.24) is 0 Å². The minimum Gasteiger partial charge on any atom is -0.192 e. The lowest BCUT2D eigenvalue weighted by atomic mass is 9.96. The van der Waals surface area contributed by atoms with Gasteiger partial charge in [0, 0.05) is 0 Å². The van der Waals surface area contributed by atoms with E-state index in [1.165, 1.54) is 16.7 Å². The second-order valence-electron chi connectivity index (χ2n) is 4.25. The first-order valence-electron chi connectivity index (χ1n) is 6.00. The van der Waals surface area contributed by atoms with Crippen molar-refractivity contribution in [2.24, 2.45) is 0 Å². The molecule has 0 saturated heterocycles. The van der Waals surface area contributed by atoms with E-state index in [4.69, 9.17) is 5.26 Å². The molecule has 0 aliphatic rings. The van der Waals surface area contributed by atoms with Gasteiger partial charge >= 0.3 is 0 Å². The minimum absolute atomic E-state index is 0.691. The van der Waals surface area contributed by atoms with Crippen molar-refractivity contribution in [3.8, 4) is 28.3 Å². The van der Waals surface area contributed by atoms with Crippen molar-refractivity contribution in [2.75, 3.05) is 0 Å². The van der Waals surface area contributed by atoms with Crippen molar-refractivity contribution in [3.63, 3.8) is 0 Å². The molecule has 3 rings (SSSR count). The molecular weight excluding hydrogens is 250 g/mol. The molecule has 0 N–H and O–H groups in total. The van der Waals surface area contributed by atoms with E-state index in [1.807, 2.05) is 30.3 Å². The number of hydrogen-bond donors (Lipinski definition) is 0. The fourth-order valence-electron chi connectivity index (χ4n) is 2.13. The monoisotopic (exact) mass is 261 g/mol. The van der Waals surface area contributed by atoms with Crippen LogP contribution in [0.4, 0.5) is 0 Å². The van der Waals surface area contributed by atoms with Gasteiger partial charge in [0.2, 0.25) is 0 Å². The lowest BCUT2D eigenvalue weighted by Crippen LogP contribution is -1.83. The maximum Gasteiger partial charge on any atom is 0.0991 e. The highest BCUT2D eigenvalue weighted by Gasteiger charge is 2.06. The molecule has 0 bridgehead atoms. The SMILES string of the molecule is N#Cc1ccc(-c2ccccc2-c2ccsc2)cc1. The zero-order valence-electron chi connectivity index (χ0n) is 10.2. The molecule has 0 radical (unpaired) electrons. The van der Waals surface area contributed by atoms with Crippen molar-refractivity contribution in [2.45, 2.75) is 0 Å². The van der Waals surface area contributed by atoms with Crippen molar-refractivity contribution < 1.29 is 0 Å². The Labute approximate surface area is 116 Å². The van der Waals surface area contributed by atoms with E-state index in [2.05, 4.69) is 41.1 Å². The van der Waals surface area contributed by atoms with Crippen LogP contribution in [0.25, 0.3) is 22.3 Å². The van der Waals surface area contributed by atoms with Gasteiger partial charge in [-0.3, -0.25) is 0 Å². The molecule has 1 aromatic heterocycles. The summed E-state index contributed by atoms with van der Waals surface area (Å²) < 4.78 is 0. The van der Waals surface area contributed by atoms with Gasteiger partial charge in [-0.25, -0.2) is 0 Å². The Morgan fingerprint density at radius 3 is 2.05 bits per heavy atom. The number of benzene rings is 2. The molecule has 0 aliphatic carbocycles. The predicted molar refractivity (Wildman–Crippen MR) is 79.9 cm³/mol. The van der Waals surface area contributed by atoms with Crippen LogP contribution in [-0.2, 0) is 0 Å². The molecule has 0 spiro atoms. The van der Waals surface area contributed by atoms with E-state index in [1.54, 1.807) is 11.3 Å². The van der Waals surface area contributed by atoms with Crippen LogP contribution in [-0.4, -0.2) is 0 Å². The molecule has 0 atom stereocenters. The van der Waals surface area contributed by atoms with Gasteiger partial charge < -0.3 is 0 Å². The zero-order valence-corrected chi connectivity index (χ0v) is 11.0. The van der Waals surface area contributed by atoms with E-state index >= 15 is 0 Å². The maximum absolute atomic E-state index is 8.86. The highest BCUT2D eigenvalue weighted by atomic mass is 32.1. The average Bonchev–Trinajstić information content (AvgIpc) is 3.01. The van der Waals surface area contributed by atoms with Crippen LogP contribution in [0.1, 0.15) is 5.56 Å². The summed E-state index contributed by atoms with van der Waals surface area (Å²) >= 11 is 1.70. The fourth-order valence-corrected chi connectivity index (χ4v) is 2.78. The molecular formula is C17H11NS. The quantitative estimate of drug-likeness (QED) is 0.640. The molecule has 1 heterocycles. The van der Waals surface area contributed by atoms with E-state index in [0.717, 1.165) is 5.56 Å². The van der Waals surface area contributed by atoms with Crippen LogP contribution in [0.15, 0.2) is 65.4 Å². The normalized spacial score (nSPS) is 10.1. The van der Waals surface area contributed by atoms with Crippen LogP contribution in [0.5, 0.6) is 0 Å². The summed E-state index contributed by atoms with van der Waals surface area (Å²) in [5.74, 6) is 0. The summed E-state index contributed by atoms with van der Waals surface area (Å²) in [5.41, 5.74) is 5.50. The van der Waals surface area contributed by atoms with Crippen LogP contribution in [0.3, 0.4) is 0 Å². The lowest BCUT2D eigenvalue weighted by molar-refractivity contribution is 1.48. The van der Waals surface area contributed by atoms with Gasteiger partial charge in [0.05, 0.1) is 11.6 Å². The molecule has 0 aliphatic heterocycles. The number of thiophene rings is 1. The van der Waals surface area contributed by atoms with Gasteiger partial charge in [0.15, 0.2) is 0 Å². The largest absolute Gasteiger partial charge is 0.192 e. The van der Waals surface area contributed by atoms with Gasteiger partial charge in [-0.15, -0.1) is 0 Å². The van der Waals surface area contributed by atoms with Crippen LogP contribution in [0, 0.1) is 11.3 Å². The Kier molecular flexibility index (Phi) is 3.14. The molecule has 0 saturated carbocycles. The zero-order chi connectivity index (χ0) is 13.1. The highest BCUT2D eigenvalue weighted by molar-refractivity contribution is 7.08. The summed E-state index contributed by atoms with van der Waals surface area (Å²) in [6.07, 6.45) is 0. The molecule has 0 unspecified atom stereocenters. The first-order chi connectivity index (χ1) is 9.38. The van der Waals surface area contributed by atoms with E-state index in [0.29, 0.717) is 5.56 Å². The Morgan fingerprint density at radius 2 is 1.47 bits per heavy atom. The predicted octanol–water partition coefficient (Wildman–Crippen LogP) is 4.95. The van der Waals surface area contributed by atoms with Crippen molar-refractivity contribution in [3.05, 3.63) is 70.9 Å². The second kappa shape index (κ2) is 5.09. The van der Waals surface area contributed by atoms with Crippen LogP contribution in [0.2, 0.25) is 0 Å². The van der Waals surface area contributed by atoms with Gasteiger partial charge in [0.1, 0.15) is 0 Å². The summed E-state index contributed by atoms with van der Waals surface area (Å²) in [7, 11) is 0. The first-order valence-corrected chi connectivity index (χ1v) is 6.95. The third kappa shape index (κ3) is 2.29. The smallest absolute Gasteiger partial charge is 0.0991 e. The Hall–Kier alpha value is -2.37. The first kappa shape index (κ1) is 11.7. The topological polar surface area (TPSA) is 23.8 Å². The summed E-state index contributed by atoms with van der Waals surface area (Å²) in [6.45, 7) is 0. The average molecular weight is 261 g/mol. The molecule has 1 nitrogen and oxygen atoms in total. The summed E-state index contributed by atoms with van der Waals surface area (Å²) in [5, 5.41) is 13.1. The minimum atomic E-state index is 0.691. The third-order valence-corrected chi connectivity index (χ3v) is 3.77. The van der Waals surface area contributed by atoms with E-state index in [-0.39, 0.29) is 0 Å². The van der Waals surface area contributed by atoms with E-state index in [9.17, 15) is 0 Å². The number of nitriles is 1. The molecule has 3 aromatic rings.